The van der Waals surface area contributed by atoms with Crippen LogP contribution in [0.2, 0.25) is 18.1 Å². The number of rotatable bonds is 5. The zero-order valence-corrected chi connectivity index (χ0v) is 19.9. The van der Waals surface area contributed by atoms with E-state index in [2.05, 4.69) is 33.9 Å². The van der Waals surface area contributed by atoms with Crippen LogP contribution >= 0.6 is 0 Å². The number of piperidine rings is 1. The Labute approximate surface area is 170 Å². The van der Waals surface area contributed by atoms with Crippen molar-refractivity contribution < 1.29 is 28.3 Å². The quantitative estimate of drug-likeness (QED) is 0.384. The Kier molecular flexibility index (Phi) is 7.87. The minimum absolute atomic E-state index is 0.0445. The fraction of sp³-hybridized carbons (Fsp3) is 0.850. The first-order valence-electron chi connectivity index (χ1n) is 9.94. The molecule has 2 amide bonds. The summed E-state index contributed by atoms with van der Waals surface area (Å²) in [6, 6.07) is 0. The van der Waals surface area contributed by atoms with Crippen molar-refractivity contribution >= 4 is 26.3 Å². The van der Waals surface area contributed by atoms with Crippen LogP contribution in [0.15, 0.2) is 0 Å². The van der Waals surface area contributed by atoms with Gasteiger partial charge < -0.3 is 13.9 Å². The molecule has 0 aromatic carbocycles. The number of imide groups is 1. The molecule has 0 N–H and O–H groups in total. The maximum atomic E-state index is 12.8. The Hall–Kier alpha value is -1.41. The number of ether oxygens (including phenoxy) is 2. The number of likely N-dealkylation sites (tertiary alicyclic amines) is 1. The summed E-state index contributed by atoms with van der Waals surface area (Å²) in [5.74, 6) is -2.31. The third-order valence-electron chi connectivity index (χ3n) is 5.24. The second-order valence-corrected chi connectivity index (χ2v) is 14.7. The normalized spacial score (nSPS) is 21.5. The Morgan fingerprint density at radius 1 is 1.14 bits per heavy atom. The number of carbonyl (C=O) groups excluding carboxylic acids is 3. The fourth-order valence-corrected chi connectivity index (χ4v) is 3.72. The van der Waals surface area contributed by atoms with Crippen molar-refractivity contribution in [2.24, 2.45) is 11.8 Å². The van der Waals surface area contributed by atoms with Crippen LogP contribution in [0, 0.1) is 11.8 Å². The predicted molar refractivity (Wildman–Crippen MR) is 109 cm³/mol. The van der Waals surface area contributed by atoms with Crippen LogP contribution in [0.25, 0.3) is 0 Å². The van der Waals surface area contributed by atoms with E-state index in [1.54, 1.807) is 27.7 Å². The van der Waals surface area contributed by atoms with Gasteiger partial charge in [0.25, 0.3) is 0 Å². The second kappa shape index (κ2) is 8.94. The van der Waals surface area contributed by atoms with E-state index in [0.717, 1.165) is 4.90 Å². The number of carbonyl (C=O) groups is 3. The zero-order chi connectivity index (χ0) is 21.9. The topological polar surface area (TPSA) is 82.1 Å². The van der Waals surface area contributed by atoms with E-state index in [-0.39, 0.29) is 24.1 Å². The largest absolute Gasteiger partial charge is 0.465 e. The molecule has 0 spiro atoms. The van der Waals surface area contributed by atoms with Crippen LogP contribution in [0.3, 0.4) is 0 Å². The SMILES string of the molecule is CCOC(=O)C1CC(CO[Si](C)(C)C(C)(C)C)CN(C(=O)OC(C)(C)C)C1=O. The molecule has 7 nitrogen and oxygen atoms in total. The lowest BCUT2D eigenvalue weighted by atomic mass is 9.89. The van der Waals surface area contributed by atoms with Crippen LogP contribution in [0.4, 0.5) is 4.79 Å². The Morgan fingerprint density at radius 2 is 1.71 bits per heavy atom. The lowest BCUT2D eigenvalue weighted by Crippen LogP contribution is -2.53. The summed E-state index contributed by atoms with van der Waals surface area (Å²) >= 11 is 0. The number of hydrogen-bond donors (Lipinski definition) is 0. The van der Waals surface area contributed by atoms with Crippen molar-refractivity contribution in [2.45, 2.75) is 78.6 Å². The molecule has 0 bridgehead atoms. The van der Waals surface area contributed by atoms with Crippen LogP contribution < -0.4 is 0 Å². The Balaban J connectivity index is 3.00. The molecule has 1 saturated heterocycles. The van der Waals surface area contributed by atoms with Gasteiger partial charge in [-0.2, -0.15) is 0 Å². The maximum Gasteiger partial charge on any atom is 0.417 e. The van der Waals surface area contributed by atoms with Gasteiger partial charge >= 0.3 is 12.1 Å². The van der Waals surface area contributed by atoms with Crippen molar-refractivity contribution in [3.63, 3.8) is 0 Å². The van der Waals surface area contributed by atoms with E-state index in [4.69, 9.17) is 13.9 Å². The molecular weight excluding hydrogens is 378 g/mol. The first-order chi connectivity index (χ1) is 12.6. The van der Waals surface area contributed by atoms with Crippen molar-refractivity contribution in [3.05, 3.63) is 0 Å². The van der Waals surface area contributed by atoms with E-state index >= 15 is 0 Å². The molecule has 0 aromatic heterocycles. The molecule has 1 rings (SSSR count). The highest BCUT2D eigenvalue weighted by atomic mass is 28.4. The van der Waals surface area contributed by atoms with Gasteiger partial charge in [-0.3, -0.25) is 9.59 Å². The van der Waals surface area contributed by atoms with Gasteiger partial charge in [-0.05, 0) is 52.2 Å². The monoisotopic (exact) mass is 415 g/mol. The molecule has 1 heterocycles. The molecule has 0 aliphatic carbocycles. The summed E-state index contributed by atoms with van der Waals surface area (Å²) in [4.78, 5) is 38.7. The second-order valence-electron chi connectivity index (χ2n) is 9.91. The van der Waals surface area contributed by atoms with Crippen LogP contribution in [0.5, 0.6) is 0 Å². The first-order valence-corrected chi connectivity index (χ1v) is 12.8. The molecular formula is C20H37NO6Si. The lowest BCUT2D eigenvalue weighted by molar-refractivity contribution is -0.158. The first kappa shape index (κ1) is 24.6. The van der Waals surface area contributed by atoms with E-state index in [9.17, 15) is 14.4 Å². The van der Waals surface area contributed by atoms with Gasteiger partial charge in [0.05, 0.1) is 6.61 Å². The van der Waals surface area contributed by atoms with Crippen molar-refractivity contribution in [1.29, 1.82) is 0 Å². The standard InChI is InChI=1S/C20H37NO6Si/c1-10-25-17(23)15-11-14(13-26-28(8,9)20(5,6)7)12-21(16(15)22)18(24)27-19(2,3)4/h14-15H,10-13H2,1-9H3. The molecule has 1 aliphatic rings. The number of hydrogen-bond acceptors (Lipinski definition) is 6. The van der Waals surface area contributed by atoms with Gasteiger partial charge in [0.2, 0.25) is 5.91 Å². The molecule has 0 aromatic rings. The summed E-state index contributed by atoms with van der Waals surface area (Å²) in [5.41, 5.74) is -0.735. The van der Waals surface area contributed by atoms with Gasteiger partial charge in [0.1, 0.15) is 11.5 Å². The zero-order valence-electron chi connectivity index (χ0n) is 18.9. The molecule has 1 fully saturated rings. The summed E-state index contributed by atoms with van der Waals surface area (Å²) in [6.45, 7) is 18.4. The minimum Gasteiger partial charge on any atom is -0.465 e. The average molecular weight is 416 g/mol. The fourth-order valence-electron chi connectivity index (χ4n) is 2.63. The third-order valence-corrected chi connectivity index (χ3v) is 9.75. The van der Waals surface area contributed by atoms with E-state index in [1.807, 2.05) is 0 Å². The summed E-state index contributed by atoms with van der Waals surface area (Å²) < 4.78 is 16.7. The summed E-state index contributed by atoms with van der Waals surface area (Å²) in [5, 5.41) is 0.0445. The lowest BCUT2D eigenvalue weighted by Gasteiger charge is -2.40. The maximum absolute atomic E-state index is 12.8. The third kappa shape index (κ3) is 6.58. The molecule has 0 saturated carbocycles. The van der Waals surface area contributed by atoms with Gasteiger partial charge in [-0.25, -0.2) is 9.69 Å². The van der Waals surface area contributed by atoms with Gasteiger partial charge in [0.15, 0.2) is 8.32 Å². The smallest absolute Gasteiger partial charge is 0.417 e. The van der Waals surface area contributed by atoms with Crippen molar-refractivity contribution in [3.8, 4) is 0 Å². The van der Waals surface area contributed by atoms with Gasteiger partial charge in [-0.1, -0.05) is 20.8 Å². The molecule has 0 radical (unpaired) electrons. The van der Waals surface area contributed by atoms with Crippen molar-refractivity contribution in [1.82, 2.24) is 4.90 Å². The molecule has 8 heteroatoms. The number of esters is 1. The van der Waals surface area contributed by atoms with E-state index < -0.39 is 37.8 Å². The van der Waals surface area contributed by atoms with E-state index in [0.29, 0.717) is 13.0 Å². The van der Waals surface area contributed by atoms with Gasteiger partial charge in [-0.15, -0.1) is 0 Å². The summed E-state index contributed by atoms with van der Waals surface area (Å²) in [7, 11) is -1.99. The molecule has 2 atom stereocenters. The van der Waals surface area contributed by atoms with Crippen LogP contribution in [0.1, 0.15) is 54.9 Å². The van der Waals surface area contributed by atoms with E-state index in [1.165, 1.54) is 0 Å². The minimum atomic E-state index is -1.99. The highest BCUT2D eigenvalue weighted by molar-refractivity contribution is 6.74. The Morgan fingerprint density at radius 3 is 2.18 bits per heavy atom. The van der Waals surface area contributed by atoms with Crippen LogP contribution in [-0.2, 0) is 23.5 Å². The summed E-state index contributed by atoms with van der Waals surface area (Å²) in [6.07, 6.45) is -0.421. The number of nitrogens with zero attached hydrogens (tertiary/aromatic N) is 1. The molecule has 2 unspecified atom stereocenters. The van der Waals surface area contributed by atoms with Gasteiger partial charge in [0, 0.05) is 19.1 Å². The predicted octanol–water partition coefficient (Wildman–Crippen LogP) is 3.97. The molecule has 162 valence electrons. The molecule has 1 aliphatic heterocycles. The average Bonchev–Trinajstić information content (AvgIpc) is 2.51. The van der Waals surface area contributed by atoms with Crippen LogP contribution in [-0.4, -0.2) is 56.5 Å². The Bertz CT molecular complexity index is 590. The highest BCUT2D eigenvalue weighted by Crippen LogP contribution is 2.37. The molecule has 28 heavy (non-hydrogen) atoms. The van der Waals surface area contributed by atoms with Crippen molar-refractivity contribution in [2.75, 3.05) is 19.8 Å². The highest BCUT2D eigenvalue weighted by Gasteiger charge is 2.45. The number of amides is 2.